The van der Waals surface area contributed by atoms with Crippen LogP contribution in [0.25, 0.3) is 0 Å². The smallest absolute Gasteiger partial charge is 0.100 e. The van der Waals surface area contributed by atoms with Gasteiger partial charge in [-0.15, -0.1) is 11.8 Å². The summed E-state index contributed by atoms with van der Waals surface area (Å²) in [4.78, 5) is 0. The van der Waals surface area contributed by atoms with Gasteiger partial charge in [-0.3, -0.25) is 0 Å². The molecule has 0 saturated heterocycles. The second kappa shape index (κ2) is 5.27. The van der Waals surface area contributed by atoms with Crippen molar-refractivity contribution in [1.82, 2.24) is 10.5 Å². The van der Waals surface area contributed by atoms with Gasteiger partial charge in [-0.2, -0.15) is 5.10 Å². The third-order valence-corrected chi connectivity index (χ3v) is 3.67. The molecule has 0 saturated carbocycles. The van der Waals surface area contributed by atoms with E-state index in [0.717, 1.165) is 11.3 Å². The number of thioether (sulfide) groups is 1. The van der Waals surface area contributed by atoms with E-state index in [0.29, 0.717) is 10.0 Å². The number of hydrogen-bond donors (Lipinski definition) is 1. The van der Waals surface area contributed by atoms with Crippen molar-refractivity contribution < 1.29 is 0 Å². The molecule has 16 heavy (non-hydrogen) atoms. The van der Waals surface area contributed by atoms with Crippen LogP contribution in [0.5, 0.6) is 0 Å². The van der Waals surface area contributed by atoms with Gasteiger partial charge < -0.3 is 0 Å². The number of halogens is 2. The van der Waals surface area contributed by atoms with Crippen LogP contribution < -0.4 is 5.43 Å². The minimum Gasteiger partial charge on any atom is -0.221 e. The van der Waals surface area contributed by atoms with Crippen LogP contribution >= 0.6 is 35.0 Å². The quantitative estimate of drug-likeness (QED) is 0.899. The Morgan fingerprint density at radius 3 is 3.06 bits per heavy atom. The van der Waals surface area contributed by atoms with E-state index in [9.17, 15) is 0 Å². The maximum Gasteiger partial charge on any atom is 0.100 e. The predicted molar refractivity (Wildman–Crippen MR) is 71.1 cm³/mol. The highest BCUT2D eigenvalue weighted by atomic mass is 35.5. The van der Waals surface area contributed by atoms with E-state index in [-0.39, 0.29) is 6.04 Å². The van der Waals surface area contributed by atoms with Crippen molar-refractivity contribution >= 4 is 40.5 Å². The Labute approximate surface area is 109 Å². The summed E-state index contributed by atoms with van der Waals surface area (Å²) in [6.07, 6.45) is 0. The van der Waals surface area contributed by atoms with E-state index in [1.807, 2.05) is 24.7 Å². The Bertz CT molecular complexity index is 411. The first kappa shape index (κ1) is 12.0. The molecule has 0 aromatic heterocycles. The van der Waals surface area contributed by atoms with Crippen LogP contribution in [0.2, 0.25) is 10.0 Å². The summed E-state index contributed by atoms with van der Waals surface area (Å²) in [5, 5.41) is 7.43. The van der Waals surface area contributed by atoms with Gasteiger partial charge in [0, 0.05) is 22.8 Å². The fraction of sp³-hybridized carbons (Fsp3) is 0.300. The van der Waals surface area contributed by atoms with Gasteiger partial charge in [-0.05, 0) is 23.8 Å². The first-order valence-electron chi connectivity index (χ1n) is 4.78. The molecular formula is C10H11Cl2N3S. The van der Waals surface area contributed by atoms with Crippen molar-refractivity contribution in [2.24, 2.45) is 5.10 Å². The number of benzene rings is 1. The van der Waals surface area contributed by atoms with Crippen LogP contribution in [0.1, 0.15) is 11.6 Å². The average molecular weight is 276 g/mol. The molecule has 1 atom stereocenters. The second-order valence-corrected chi connectivity index (χ2v) is 5.03. The van der Waals surface area contributed by atoms with Gasteiger partial charge in [0.2, 0.25) is 0 Å². The maximum atomic E-state index is 6.18. The highest BCUT2D eigenvalue weighted by molar-refractivity contribution is 8.12. The molecule has 1 aliphatic rings. The molecule has 0 amide bonds. The van der Waals surface area contributed by atoms with Crippen LogP contribution in [-0.2, 0) is 0 Å². The number of hydrogen-bond acceptors (Lipinski definition) is 4. The van der Waals surface area contributed by atoms with E-state index in [1.165, 1.54) is 0 Å². The summed E-state index contributed by atoms with van der Waals surface area (Å²) in [5.74, 6) is 0.893. The monoisotopic (exact) mass is 275 g/mol. The van der Waals surface area contributed by atoms with Crippen LogP contribution in [0.15, 0.2) is 23.3 Å². The minimum atomic E-state index is 0.103. The zero-order valence-corrected chi connectivity index (χ0v) is 11.0. The normalized spacial score (nSPS) is 20.2. The molecule has 0 radical (unpaired) electrons. The molecule has 6 heteroatoms. The SMILES string of the molecule is CNN1N=CSCC1c1cc(Cl)ccc1Cl. The number of rotatable bonds is 2. The molecular weight excluding hydrogens is 265 g/mol. The Kier molecular flexibility index (Phi) is 3.97. The standard InChI is InChI=1S/C10H11Cl2N3S/c1-13-15-10(5-16-6-14-15)8-4-7(11)2-3-9(8)12/h2-4,6,10,13H,5H2,1H3. The summed E-state index contributed by atoms with van der Waals surface area (Å²) in [6, 6.07) is 5.60. The summed E-state index contributed by atoms with van der Waals surface area (Å²) in [7, 11) is 1.83. The average Bonchev–Trinajstić information content (AvgIpc) is 2.32. The molecule has 0 fully saturated rings. The maximum absolute atomic E-state index is 6.18. The van der Waals surface area contributed by atoms with E-state index in [1.54, 1.807) is 22.9 Å². The van der Waals surface area contributed by atoms with E-state index in [2.05, 4.69) is 10.5 Å². The lowest BCUT2D eigenvalue weighted by molar-refractivity contribution is 0.160. The summed E-state index contributed by atoms with van der Waals surface area (Å²) in [6.45, 7) is 0. The Morgan fingerprint density at radius 1 is 1.50 bits per heavy atom. The first-order valence-corrected chi connectivity index (χ1v) is 6.58. The fourth-order valence-corrected chi connectivity index (χ4v) is 2.76. The van der Waals surface area contributed by atoms with Crippen molar-refractivity contribution in [3.05, 3.63) is 33.8 Å². The van der Waals surface area contributed by atoms with Gasteiger partial charge in [0.25, 0.3) is 0 Å². The molecule has 0 aliphatic carbocycles. The molecule has 3 nitrogen and oxygen atoms in total. The third-order valence-electron chi connectivity index (χ3n) is 2.34. The Balaban J connectivity index is 2.35. The number of nitrogens with one attached hydrogen (secondary N) is 1. The van der Waals surface area contributed by atoms with Crippen molar-refractivity contribution in [3.8, 4) is 0 Å². The zero-order chi connectivity index (χ0) is 11.5. The van der Waals surface area contributed by atoms with E-state index < -0.39 is 0 Å². The van der Waals surface area contributed by atoms with Gasteiger partial charge in [-0.1, -0.05) is 23.2 Å². The van der Waals surface area contributed by atoms with Crippen molar-refractivity contribution in [2.75, 3.05) is 12.8 Å². The fourth-order valence-electron chi connectivity index (χ4n) is 1.57. The zero-order valence-electron chi connectivity index (χ0n) is 8.65. The molecule has 1 aromatic rings. The van der Waals surface area contributed by atoms with E-state index >= 15 is 0 Å². The Morgan fingerprint density at radius 2 is 2.31 bits per heavy atom. The van der Waals surface area contributed by atoms with Gasteiger partial charge in [0.05, 0.1) is 5.55 Å². The van der Waals surface area contributed by atoms with Crippen LogP contribution in [-0.4, -0.2) is 23.5 Å². The van der Waals surface area contributed by atoms with Crippen LogP contribution in [0.3, 0.4) is 0 Å². The third kappa shape index (κ3) is 2.46. The van der Waals surface area contributed by atoms with Gasteiger partial charge in [-0.25, -0.2) is 10.5 Å². The highest BCUT2D eigenvalue weighted by Gasteiger charge is 2.23. The molecule has 1 aromatic carbocycles. The molecule has 0 bridgehead atoms. The lowest BCUT2D eigenvalue weighted by atomic mass is 10.1. The molecule has 1 heterocycles. The Hall–Kier alpha value is -0.420. The van der Waals surface area contributed by atoms with Crippen molar-refractivity contribution in [1.29, 1.82) is 0 Å². The number of hydrazine groups is 1. The van der Waals surface area contributed by atoms with Gasteiger partial charge >= 0.3 is 0 Å². The second-order valence-electron chi connectivity index (χ2n) is 3.30. The molecule has 2 rings (SSSR count). The summed E-state index contributed by atoms with van der Waals surface area (Å²) >= 11 is 13.8. The number of nitrogens with zero attached hydrogens (tertiary/aromatic N) is 2. The van der Waals surface area contributed by atoms with Gasteiger partial charge in [0.1, 0.15) is 6.04 Å². The lowest BCUT2D eigenvalue weighted by Gasteiger charge is -2.31. The van der Waals surface area contributed by atoms with Crippen molar-refractivity contribution in [3.63, 3.8) is 0 Å². The molecule has 0 spiro atoms. The molecule has 86 valence electrons. The highest BCUT2D eigenvalue weighted by Crippen LogP contribution is 2.33. The molecule has 1 N–H and O–H groups in total. The summed E-state index contributed by atoms with van der Waals surface area (Å²) in [5.41, 5.74) is 5.82. The van der Waals surface area contributed by atoms with Gasteiger partial charge in [0.15, 0.2) is 0 Å². The largest absolute Gasteiger partial charge is 0.221 e. The first-order chi connectivity index (χ1) is 7.72. The molecule has 1 aliphatic heterocycles. The topological polar surface area (TPSA) is 27.6 Å². The number of hydrazone groups is 1. The predicted octanol–water partition coefficient (Wildman–Crippen LogP) is 3.16. The summed E-state index contributed by atoms with van der Waals surface area (Å²) < 4.78 is 0. The van der Waals surface area contributed by atoms with E-state index in [4.69, 9.17) is 23.2 Å². The lowest BCUT2D eigenvalue weighted by Crippen LogP contribution is -2.37. The molecule has 1 unspecified atom stereocenters. The van der Waals surface area contributed by atoms with Crippen LogP contribution in [0, 0.1) is 0 Å². The van der Waals surface area contributed by atoms with Crippen molar-refractivity contribution in [2.45, 2.75) is 6.04 Å². The van der Waals surface area contributed by atoms with Crippen LogP contribution in [0.4, 0.5) is 0 Å². The minimum absolute atomic E-state index is 0.103.